The van der Waals surface area contributed by atoms with Crippen molar-refractivity contribution in [3.05, 3.63) is 0 Å². The average Bonchev–Trinajstić information content (AvgIpc) is 2.92. The van der Waals surface area contributed by atoms with Gasteiger partial charge in [0.15, 0.2) is 0 Å². The van der Waals surface area contributed by atoms with Gasteiger partial charge >= 0.3 is 0 Å². The van der Waals surface area contributed by atoms with E-state index in [-0.39, 0.29) is 5.54 Å². The molecule has 0 aromatic rings. The van der Waals surface area contributed by atoms with Crippen LogP contribution in [0.25, 0.3) is 0 Å². The summed E-state index contributed by atoms with van der Waals surface area (Å²) in [5.41, 5.74) is -0.285. The molecule has 90 valence electrons. The molecular formula is C13H22N2S. The molecule has 1 atom stereocenters. The van der Waals surface area contributed by atoms with Crippen LogP contribution < -0.4 is 5.32 Å². The van der Waals surface area contributed by atoms with Crippen molar-refractivity contribution in [2.45, 2.75) is 68.7 Å². The Morgan fingerprint density at radius 1 is 1.31 bits per heavy atom. The van der Waals surface area contributed by atoms with E-state index in [2.05, 4.69) is 30.1 Å². The lowest BCUT2D eigenvalue weighted by atomic mass is 10.0. The monoisotopic (exact) mass is 238 g/mol. The Morgan fingerprint density at radius 2 is 2.00 bits per heavy atom. The highest BCUT2D eigenvalue weighted by Gasteiger charge is 2.32. The van der Waals surface area contributed by atoms with E-state index < -0.39 is 0 Å². The second-order valence-electron chi connectivity index (χ2n) is 5.39. The third kappa shape index (κ3) is 3.68. The molecule has 2 fully saturated rings. The Balaban J connectivity index is 1.67. The van der Waals surface area contributed by atoms with E-state index in [9.17, 15) is 5.26 Å². The molecule has 2 saturated carbocycles. The second kappa shape index (κ2) is 5.42. The molecule has 2 aliphatic carbocycles. The fraction of sp³-hybridized carbons (Fsp3) is 0.923. The van der Waals surface area contributed by atoms with Gasteiger partial charge in [-0.2, -0.15) is 17.0 Å². The van der Waals surface area contributed by atoms with E-state index >= 15 is 0 Å². The van der Waals surface area contributed by atoms with Gasteiger partial charge in [0.25, 0.3) is 0 Å². The van der Waals surface area contributed by atoms with Crippen LogP contribution >= 0.6 is 11.8 Å². The summed E-state index contributed by atoms with van der Waals surface area (Å²) in [5.74, 6) is 1.13. The first-order valence-corrected chi connectivity index (χ1v) is 7.57. The SMILES string of the molecule is CC(C#N)(CCSC1CCCC1)NC1CC1. The molecule has 0 bridgehead atoms. The van der Waals surface area contributed by atoms with Crippen LogP contribution in [0.3, 0.4) is 0 Å². The van der Waals surface area contributed by atoms with Crippen LogP contribution in [0, 0.1) is 11.3 Å². The lowest BCUT2D eigenvalue weighted by Crippen LogP contribution is -2.42. The van der Waals surface area contributed by atoms with Crippen LogP contribution in [0.5, 0.6) is 0 Å². The van der Waals surface area contributed by atoms with E-state index in [4.69, 9.17) is 0 Å². The maximum atomic E-state index is 9.23. The minimum atomic E-state index is -0.285. The highest BCUT2D eigenvalue weighted by atomic mass is 32.2. The topological polar surface area (TPSA) is 35.8 Å². The number of nitriles is 1. The summed E-state index contributed by atoms with van der Waals surface area (Å²) in [5, 5.41) is 13.6. The maximum absolute atomic E-state index is 9.23. The first-order chi connectivity index (χ1) is 7.72. The fourth-order valence-corrected chi connectivity index (χ4v) is 3.85. The number of thioether (sulfide) groups is 1. The molecule has 0 aliphatic heterocycles. The Kier molecular flexibility index (Phi) is 4.16. The number of hydrogen-bond acceptors (Lipinski definition) is 3. The van der Waals surface area contributed by atoms with Gasteiger partial charge in [-0.1, -0.05) is 12.8 Å². The van der Waals surface area contributed by atoms with Gasteiger partial charge in [0.1, 0.15) is 5.54 Å². The van der Waals surface area contributed by atoms with Crippen LogP contribution in [-0.4, -0.2) is 22.6 Å². The third-order valence-electron chi connectivity index (χ3n) is 3.60. The van der Waals surface area contributed by atoms with Crippen molar-refractivity contribution in [2.75, 3.05) is 5.75 Å². The Bertz CT molecular complexity index is 264. The van der Waals surface area contributed by atoms with E-state index in [0.717, 1.165) is 17.4 Å². The quantitative estimate of drug-likeness (QED) is 0.772. The van der Waals surface area contributed by atoms with Crippen molar-refractivity contribution in [2.24, 2.45) is 0 Å². The summed E-state index contributed by atoms with van der Waals surface area (Å²) < 4.78 is 0. The fourth-order valence-electron chi connectivity index (χ4n) is 2.32. The first kappa shape index (κ1) is 12.3. The highest BCUT2D eigenvalue weighted by Crippen LogP contribution is 2.31. The van der Waals surface area contributed by atoms with Crippen molar-refractivity contribution in [1.82, 2.24) is 5.32 Å². The number of hydrogen-bond donors (Lipinski definition) is 1. The minimum Gasteiger partial charge on any atom is -0.297 e. The maximum Gasteiger partial charge on any atom is 0.104 e. The zero-order valence-corrected chi connectivity index (χ0v) is 11.0. The summed E-state index contributed by atoms with van der Waals surface area (Å²) in [6.07, 6.45) is 9.11. The summed E-state index contributed by atoms with van der Waals surface area (Å²) in [6, 6.07) is 3.08. The highest BCUT2D eigenvalue weighted by molar-refractivity contribution is 7.99. The molecule has 2 nitrogen and oxygen atoms in total. The first-order valence-electron chi connectivity index (χ1n) is 6.52. The molecule has 0 saturated heterocycles. The van der Waals surface area contributed by atoms with Gasteiger partial charge in [0, 0.05) is 11.3 Å². The molecule has 0 spiro atoms. The smallest absolute Gasteiger partial charge is 0.104 e. The molecule has 1 unspecified atom stereocenters. The minimum absolute atomic E-state index is 0.285. The molecule has 0 heterocycles. The molecule has 0 aromatic carbocycles. The molecule has 0 aromatic heterocycles. The molecule has 0 radical (unpaired) electrons. The Labute approximate surface area is 103 Å². The zero-order chi connectivity index (χ0) is 11.4. The van der Waals surface area contributed by atoms with E-state index in [1.165, 1.54) is 38.5 Å². The van der Waals surface area contributed by atoms with Crippen molar-refractivity contribution >= 4 is 11.8 Å². The number of rotatable bonds is 6. The van der Waals surface area contributed by atoms with E-state index in [0.29, 0.717) is 6.04 Å². The number of nitrogens with zero attached hydrogens (tertiary/aromatic N) is 1. The van der Waals surface area contributed by atoms with Gasteiger partial charge in [-0.05, 0) is 44.8 Å². The van der Waals surface area contributed by atoms with Crippen molar-refractivity contribution < 1.29 is 0 Å². The van der Waals surface area contributed by atoms with Crippen LogP contribution in [-0.2, 0) is 0 Å². The van der Waals surface area contributed by atoms with E-state index in [1.807, 2.05) is 0 Å². The predicted molar refractivity (Wildman–Crippen MR) is 69.5 cm³/mol. The second-order valence-corrected chi connectivity index (χ2v) is 6.80. The molecule has 16 heavy (non-hydrogen) atoms. The van der Waals surface area contributed by atoms with Crippen molar-refractivity contribution in [3.63, 3.8) is 0 Å². The normalized spacial score (nSPS) is 25.2. The molecule has 1 N–H and O–H groups in total. The van der Waals surface area contributed by atoms with Gasteiger partial charge < -0.3 is 0 Å². The van der Waals surface area contributed by atoms with Gasteiger partial charge in [0.2, 0.25) is 0 Å². The summed E-state index contributed by atoms with van der Waals surface area (Å²) in [4.78, 5) is 0. The Morgan fingerprint density at radius 3 is 2.56 bits per heavy atom. The average molecular weight is 238 g/mol. The summed E-state index contributed by atoms with van der Waals surface area (Å²) in [7, 11) is 0. The van der Waals surface area contributed by atoms with Crippen LogP contribution in [0.15, 0.2) is 0 Å². The lowest BCUT2D eigenvalue weighted by Gasteiger charge is -2.23. The number of nitrogens with one attached hydrogen (secondary N) is 1. The molecule has 0 amide bonds. The standard InChI is InChI=1S/C13H22N2S/c1-13(10-14,15-11-6-7-11)8-9-16-12-4-2-3-5-12/h11-12,15H,2-9H2,1H3. The Hall–Kier alpha value is -0.200. The van der Waals surface area contributed by atoms with Gasteiger partial charge in [-0.3, -0.25) is 5.32 Å². The van der Waals surface area contributed by atoms with Crippen LogP contribution in [0.2, 0.25) is 0 Å². The molecule has 2 aliphatic rings. The largest absolute Gasteiger partial charge is 0.297 e. The predicted octanol–water partition coefficient (Wildman–Crippen LogP) is 3.09. The third-order valence-corrected chi connectivity index (χ3v) is 4.99. The van der Waals surface area contributed by atoms with Gasteiger partial charge in [-0.15, -0.1) is 0 Å². The van der Waals surface area contributed by atoms with Crippen molar-refractivity contribution in [1.29, 1.82) is 5.26 Å². The molecular weight excluding hydrogens is 216 g/mol. The van der Waals surface area contributed by atoms with E-state index in [1.54, 1.807) is 0 Å². The van der Waals surface area contributed by atoms with Crippen molar-refractivity contribution in [3.8, 4) is 6.07 Å². The summed E-state index contributed by atoms with van der Waals surface area (Å²) in [6.45, 7) is 2.06. The molecule has 3 heteroatoms. The van der Waals surface area contributed by atoms with Gasteiger partial charge in [-0.25, -0.2) is 0 Å². The zero-order valence-electron chi connectivity index (χ0n) is 10.2. The van der Waals surface area contributed by atoms with Crippen LogP contribution in [0.1, 0.15) is 51.9 Å². The van der Waals surface area contributed by atoms with Gasteiger partial charge in [0.05, 0.1) is 6.07 Å². The van der Waals surface area contributed by atoms with Crippen LogP contribution in [0.4, 0.5) is 0 Å². The lowest BCUT2D eigenvalue weighted by molar-refractivity contribution is 0.433. The summed E-state index contributed by atoms with van der Waals surface area (Å²) >= 11 is 2.08. The molecule has 2 rings (SSSR count).